The number of pyridine rings is 2. The Morgan fingerprint density at radius 2 is 2.18 bits per heavy atom. The van der Waals surface area contributed by atoms with Crippen LogP contribution in [0.2, 0.25) is 0 Å². The number of nitriles is 1. The molecule has 0 fully saturated rings. The minimum atomic E-state index is -0.433. The largest absolute Gasteiger partial charge is 0.480 e. The number of nitrogens with zero attached hydrogens (tertiary/aromatic N) is 3. The number of ether oxygens (including phenoxy) is 1. The monoisotopic (exact) mass is 296 g/mol. The number of H-pyrrole nitrogens is 1. The Kier molecular flexibility index (Phi) is 3.14. The number of carbonyl (C=O) groups is 1. The van der Waals surface area contributed by atoms with Gasteiger partial charge in [0.15, 0.2) is 18.2 Å². The Balaban J connectivity index is 2.17. The van der Waals surface area contributed by atoms with Crippen LogP contribution in [0, 0.1) is 18.3 Å². The number of amides is 1. The molecular weight excluding hydrogens is 284 g/mol. The lowest BCUT2D eigenvalue weighted by atomic mass is 10.1. The molecule has 0 aliphatic carbocycles. The number of aryl methyl sites for hydroxylation is 1. The van der Waals surface area contributed by atoms with Crippen LogP contribution in [0.15, 0.2) is 23.0 Å². The van der Waals surface area contributed by atoms with Crippen LogP contribution < -0.4 is 15.2 Å². The number of hydrogen-bond acceptors (Lipinski definition) is 5. The molecule has 0 saturated carbocycles. The summed E-state index contributed by atoms with van der Waals surface area (Å²) < 4.78 is 5.33. The molecule has 2 aromatic rings. The molecule has 0 saturated heterocycles. The van der Waals surface area contributed by atoms with Gasteiger partial charge in [-0.25, -0.2) is 4.98 Å². The first kappa shape index (κ1) is 13.8. The molecule has 1 aliphatic heterocycles. The van der Waals surface area contributed by atoms with Crippen molar-refractivity contribution >= 4 is 11.7 Å². The second-order valence-electron chi connectivity index (χ2n) is 4.92. The zero-order chi connectivity index (χ0) is 15.9. The van der Waals surface area contributed by atoms with Gasteiger partial charge in [0.2, 0.25) is 0 Å². The van der Waals surface area contributed by atoms with E-state index < -0.39 is 5.56 Å². The van der Waals surface area contributed by atoms with Crippen molar-refractivity contribution in [2.75, 3.05) is 18.6 Å². The molecule has 7 nitrogen and oxygen atoms in total. The highest BCUT2D eigenvalue weighted by Gasteiger charge is 2.24. The number of hydrogen-bond donors (Lipinski definition) is 1. The highest BCUT2D eigenvalue weighted by Crippen LogP contribution is 2.32. The van der Waals surface area contributed by atoms with Crippen LogP contribution in [-0.2, 0) is 4.79 Å². The number of aromatic amines is 1. The lowest BCUT2D eigenvalue weighted by Crippen LogP contribution is -2.36. The molecule has 1 N–H and O–H groups in total. The second kappa shape index (κ2) is 5.00. The Bertz CT molecular complexity index is 879. The lowest BCUT2D eigenvalue weighted by molar-refractivity contribution is -0.121. The van der Waals surface area contributed by atoms with Gasteiger partial charge in [0.05, 0.1) is 5.69 Å². The predicted octanol–water partition coefficient (Wildman–Crippen LogP) is 0.972. The summed E-state index contributed by atoms with van der Waals surface area (Å²) in [7, 11) is 1.63. The van der Waals surface area contributed by atoms with E-state index in [4.69, 9.17) is 10.00 Å². The first-order chi connectivity index (χ1) is 10.5. The van der Waals surface area contributed by atoms with Crippen LogP contribution in [0.3, 0.4) is 0 Å². The third kappa shape index (κ3) is 2.11. The van der Waals surface area contributed by atoms with Crippen molar-refractivity contribution in [1.82, 2.24) is 9.97 Å². The highest BCUT2D eigenvalue weighted by atomic mass is 16.5. The van der Waals surface area contributed by atoms with Gasteiger partial charge in [-0.2, -0.15) is 5.26 Å². The van der Waals surface area contributed by atoms with Crippen molar-refractivity contribution < 1.29 is 9.53 Å². The highest BCUT2D eigenvalue weighted by molar-refractivity contribution is 5.96. The van der Waals surface area contributed by atoms with Gasteiger partial charge in [0.25, 0.3) is 11.5 Å². The fourth-order valence-corrected chi connectivity index (χ4v) is 2.27. The summed E-state index contributed by atoms with van der Waals surface area (Å²) in [5, 5.41) is 8.99. The molecule has 110 valence electrons. The molecule has 3 rings (SSSR count). The van der Waals surface area contributed by atoms with Crippen molar-refractivity contribution in [2.45, 2.75) is 6.92 Å². The molecule has 1 amide bonds. The van der Waals surface area contributed by atoms with Crippen LogP contribution in [0.25, 0.3) is 11.3 Å². The normalized spacial score (nSPS) is 13.3. The maximum absolute atomic E-state index is 11.7. The first-order valence-corrected chi connectivity index (χ1v) is 6.56. The summed E-state index contributed by atoms with van der Waals surface area (Å²) in [6.07, 6.45) is 0. The number of aromatic nitrogens is 2. The Morgan fingerprint density at radius 3 is 2.91 bits per heavy atom. The van der Waals surface area contributed by atoms with Gasteiger partial charge in [-0.3, -0.25) is 14.5 Å². The van der Waals surface area contributed by atoms with Gasteiger partial charge in [-0.1, -0.05) is 0 Å². The molecule has 0 spiro atoms. The van der Waals surface area contributed by atoms with E-state index in [1.165, 1.54) is 11.0 Å². The molecular formula is C15H12N4O3. The summed E-state index contributed by atoms with van der Waals surface area (Å²) in [4.78, 5) is 31.8. The van der Waals surface area contributed by atoms with E-state index in [1.54, 1.807) is 26.1 Å². The standard InChI is InChI=1S/C15H12N4O3/c1-8-10(5-9(6-16)15(21)17-8)11-3-4-12-14(18-11)19(2)13(20)7-22-12/h3-5H,7H2,1-2H3,(H,17,21). The van der Waals surface area contributed by atoms with Gasteiger partial charge in [0.1, 0.15) is 11.6 Å². The second-order valence-corrected chi connectivity index (χ2v) is 4.92. The molecule has 0 aromatic carbocycles. The minimum Gasteiger partial charge on any atom is -0.480 e. The third-order valence-electron chi connectivity index (χ3n) is 3.52. The molecule has 22 heavy (non-hydrogen) atoms. The Hall–Kier alpha value is -3.14. The topological polar surface area (TPSA) is 99.1 Å². The average Bonchev–Trinajstić information content (AvgIpc) is 2.51. The van der Waals surface area contributed by atoms with Crippen molar-refractivity contribution in [3.8, 4) is 23.1 Å². The summed E-state index contributed by atoms with van der Waals surface area (Å²) in [6, 6.07) is 6.79. The van der Waals surface area contributed by atoms with Crippen molar-refractivity contribution in [3.63, 3.8) is 0 Å². The van der Waals surface area contributed by atoms with Gasteiger partial charge in [-0.15, -0.1) is 0 Å². The quantitative estimate of drug-likeness (QED) is 0.845. The van der Waals surface area contributed by atoms with Crippen LogP contribution in [0.4, 0.5) is 5.82 Å². The maximum Gasteiger partial charge on any atom is 0.266 e. The SMILES string of the molecule is Cc1[nH]c(=O)c(C#N)cc1-c1ccc2c(n1)N(C)C(=O)CO2. The molecule has 2 aromatic heterocycles. The fourth-order valence-electron chi connectivity index (χ4n) is 2.27. The van der Waals surface area contributed by atoms with Crippen LogP contribution >= 0.6 is 0 Å². The maximum atomic E-state index is 11.7. The van der Waals surface area contributed by atoms with Gasteiger partial charge in [0, 0.05) is 18.3 Å². The van der Waals surface area contributed by atoms with E-state index in [9.17, 15) is 9.59 Å². The molecule has 0 bridgehead atoms. The van der Waals surface area contributed by atoms with Gasteiger partial charge < -0.3 is 9.72 Å². The van der Waals surface area contributed by atoms with E-state index in [0.717, 1.165) is 0 Å². The number of carbonyl (C=O) groups excluding carboxylic acids is 1. The van der Waals surface area contributed by atoms with Crippen LogP contribution in [0.5, 0.6) is 5.75 Å². The number of nitrogens with one attached hydrogen (secondary N) is 1. The molecule has 0 unspecified atom stereocenters. The third-order valence-corrected chi connectivity index (χ3v) is 3.52. The molecule has 1 aliphatic rings. The Morgan fingerprint density at radius 1 is 1.41 bits per heavy atom. The number of rotatable bonds is 1. The van der Waals surface area contributed by atoms with E-state index in [-0.39, 0.29) is 18.1 Å². The van der Waals surface area contributed by atoms with E-state index in [0.29, 0.717) is 28.5 Å². The van der Waals surface area contributed by atoms with Crippen LogP contribution in [0.1, 0.15) is 11.3 Å². The zero-order valence-corrected chi connectivity index (χ0v) is 12.0. The van der Waals surface area contributed by atoms with Crippen molar-refractivity contribution in [2.24, 2.45) is 0 Å². The van der Waals surface area contributed by atoms with Crippen molar-refractivity contribution in [3.05, 3.63) is 39.8 Å². The van der Waals surface area contributed by atoms with Gasteiger partial charge in [-0.05, 0) is 25.1 Å². The molecule has 3 heterocycles. The van der Waals surface area contributed by atoms with E-state index >= 15 is 0 Å². The summed E-state index contributed by atoms with van der Waals surface area (Å²) in [5.74, 6) is 0.749. The molecule has 0 radical (unpaired) electrons. The van der Waals surface area contributed by atoms with Crippen LogP contribution in [-0.4, -0.2) is 29.5 Å². The minimum absolute atomic E-state index is 0.0131. The lowest BCUT2D eigenvalue weighted by Gasteiger charge is -2.25. The number of likely N-dealkylation sites (N-methyl/N-ethyl adjacent to an activating group) is 1. The smallest absolute Gasteiger partial charge is 0.266 e. The summed E-state index contributed by atoms with van der Waals surface area (Å²) in [6.45, 7) is 1.71. The van der Waals surface area contributed by atoms with E-state index in [2.05, 4.69) is 9.97 Å². The van der Waals surface area contributed by atoms with Gasteiger partial charge >= 0.3 is 0 Å². The molecule has 7 heteroatoms. The average molecular weight is 296 g/mol. The summed E-state index contributed by atoms with van der Waals surface area (Å²) >= 11 is 0. The first-order valence-electron chi connectivity index (χ1n) is 6.56. The zero-order valence-electron chi connectivity index (χ0n) is 12.0. The number of fused-ring (bicyclic) bond motifs is 1. The van der Waals surface area contributed by atoms with Crippen molar-refractivity contribution in [1.29, 1.82) is 5.26 Å². The fraction of sp³-hybridized carbons (Fsp3) is 0.200. The van der Waals surface area contributed by atoms with E-state index in [1.807, 2.05) is 6.07 Å². The summed E-state index contributed by atoms with van der Waals surface area (Å²) in [5.41, 5.74) is 1.36. The Labute approximate surface area is 125 Å². The predicted molar refractivity (Wildman–Crippen MR) is 78.7 cm³/mol. The number of anilines is 1. The molecule has 0 atom stereocenters.